The topological polar surface area (TPSA) is 70.2 Å². The predicted molar refractivity (Wildman–Crippen MR) is 138 cm³/mol. The fourth-order valence-electron chi connectivity index (χ4n) is 4.49. The minimum atomic E-state index is -3.63. The highest BCUT2D eigenvalue weighted by atomic mass is 32.2. The molecule has 3 aromatic carbocycles. The van der Waals surface area contributed by atoms with Crippen LogP contribution in [0.3, 0.4) is 0 Å². The van der Waals surface area contributed by atoms with Crippen molar-refractivity contribution in [3.63, 3.8) is 0 Å². The second-order valence-corrected chi connectivity index (χ2v) is 10.5. The summed E-state index contributed by atoms with van der Waals surface area (Å²) in [5, 5.41) is 0. The van der Waals surface area contributed by atoms with E-state index in [0.717, 1.165) is 10.6 Å². The second-order valence-electron chi connectivity index (χ2n) is 8.61. The Bertz CT molecular complexity index is 1170. The van der Waals surface area contributed by atoms with Gasteiger partial charge in [0.1, 0.15) is 12.3 Å². The van der Waals surface area contributed by atoms with Crippen molar-refractivity contribution in [3.05, 3.63) is 96.1 Å². The van der Waals surface area contributed by atoms with Crippen molar-refractivity contribution in [1.29, 1.82) is 0 Å². The third-order valence-electron chi connectivity index (χ3n) is 6.30. The number of nitrogens with zero attached hydrogens (tertiary/aromatic N) is 3. The van der Waals surface area contributed by atoms with Crippen LogP contribution in [-0.4, -0.2) is 70.2 Å². The van der Waals surface area contributed by atoms with Crippen molar-refractivity contribution in [2.45, 2.75) is 6.04 Å². The third kappa shape index (κ3) is 6.01. The number of carbonyl (C=O) groups is 1. The van der Waals surface area contributed by atoms with E-state index in [9.17, 15) is 13.2 Å². The van der Waals surface area contributed by atoms with Crippen molar-refractivity contribution in [3.8, 4) is 5.75 Å². The van der Waals surface area contributed by atoms with Crippen LogP contribution in [0, 0.1) is 0 Å². The molecule has 7 nitrogen and oxygen atoms in total. The Morgan fingerprint density at radius 2 is 1.37 bits per heavy atom. The minimum absolute atomic E-state index is 0.0986. The zero-order valence-corrected chi connectivity index (χ0v) is 20.9. The van der Waals surface area contributed by atoms with Gasteiger partial charge in [0, 0.05) is 26.2 Å². The molecule has 0 radical (unpaired) electrons. The Morgan fingerprint density at radius 1 is 0.857 bits per heavy atom. The molecule has 0 saturated carbocycles. The monoisotopic (exact) mass is 493 g/mol. The van der Waals surface area contributed by atoms with E-state index in [-0.39, 0.29) is 18.5 Å². The minimum Gasteiger partial charge on any atom is -0.497 e. The van der Waals surface area contributed by atoms with Gasteiger partial charge in [0.15, 0.2) is 0 Å². The van der Waals surface area contributed by atoms with E-state index in [1.165, 1.54) is 11.1 Å². The number of sulfonamides is 1. The molecule has 184 valence electrons. The van der Waals surface area contributed by atoms with Crippen molar-refractivity contribution in [1.82, 2.24) is 9.80 Å². The van der Waals surface area contributed by atoms with Crippen LogP contribution in [0.15, 0.2) is 84.9 Å². The molecule has 4 rings (SSSR count). The molecule has 0 unspecified atom stereocenters. The first kappa shape index (κ1) is 24.8. The Labute approximate surface area is 207 Å². The van der Waals surface area contributed by atoms with E-state index in [4.69, 9.17) is 4.74 Å². The van der Waals surface area contributed by atoms with Gasteiger partial charge in [0.2, 0.25) is 15.9 Å². The maximum atomic E-state index is 13.1. The van der Waals surface area contributed by atoms with Crippen molar-refractivity contribution < 1.29 is 17.9 Å². The summed E-state index contributed by atoms with van der Waals surface area (Å²) in [5.74, 6) is 0.415. The lowest BCUT2D eigenvalue weighted by atomic mass is 9.96. The average molecular weight is 494 g/mol. The second kappa shape index (κ2) is 10.9. The van der Waals surface area contributed by atoms with E-state index in [2.05, 4.69) is 29.2 Å². The first-order valence-corrected chi connectivity index (χ1v) is 13.4. The molecule has 1 saturated heterocycles. The van der Waals surface area contributed by atoms with E-state index in [1.807, 2.05) is 36.4 Å². The predicted octanol–water partition coefficient (Wildman–Crippen LogP) is 3.40. The molecule has 0 aliphatic carbocycles. The van der Waals surface area contributed by atoms with E-state index in [1.54, 1.807) is 36.3 Å². The standard InChI is InChI=1S/C27H31N3O4S/c1-34-25-15-13-24(14-16-25)30(35(2,32)33)21-26(31)28-17-19-29(20-18-28)27(22-9-5-3-6-10-22)23-11-7-4-8-12-23/h3-16,27H,17-21H2,1-2H3. The largest absolute Gasteiger partial charge is 0.497 e. The van der Waals surface area contributed by atoms with Crippen LogP contribution in [0.1, 0.15) is 17.2 Å². The third-order valence-corrected chi connectivity index (χ3v) is 7.44. The molecule has 3 aromatic rings. The molecule has 1 aliphatic heterocycles. The number of rotatable bonds is 8. The number of piperazine rings is 1. The lowest BCUT2D eigenvalue weighted by Gasteiger charge is -2.40. The number of amides is 1. The number of ether oxygens (including phenoxy) is 1. The molecule has 1 heterocycles. The van der Waals surface area contributed by atoms with Gasteiger partial charge in [-0.15, -0.1) is 0 Å². The van der Waals surface area contributed by atoms with Gasteiger partial charge in [-0.3, -0.25) is 14.0 Å². The summed E-state index contributed by atoms with van der Waals surface area (Å²) < 4.78 is 31.3. The first-order valence-electron chi connectivity index (χ1n) is 11.6. The molecule has 8 heteroatoms. The fourth-order valence-corrected chi connectivity index (χ4v) is 5.34. The Balaban J connectivity index is 1.46. The van der Waals surface area contributed by atoms with Gasteiger partial charge < -0.3 is 9.64 Å². The Morgan fingerprint density at radius 3 is 1.83 bits per heavy atom. The number of methoxy groups -OCH3 is 1. The molecule has 0 spiro atoms. The van der Waals surface area contributed by atoms with Crippen LogP contribution >= 0.6 is 0 Å². The van der Waals surface area contributed by atoms with E-state index < -0.39 is 10.0 Å². The van der Waals surface area contributed by atoms with Gasteiger partial charge in [-0.05, 0) is 35.4 Å². The summed E-state index contributed by atoms with van der Waals surface area (Å²) in [7, 11) is -2.08. The lowest BCUT2D eigenvalue weighted by molar-refractivity contribution is -0.131. The molecular weight excluding hydrogens is 462 g/mol. The molecule has 0 aromatic heterocycles. The maximum Gasteiger partial charge on any atom is 0.243 e. The van der Waals surface area contributed by atoms with Crippen LogP contribution < -0.4 is 9.04 Å². The molecule has 35 heavy (non-hydrogen) atoms. The van der Waals surface area contributed by atoms with Gasteiger partial charge in [-0.2, -0.15) is 0 Å². The Kier molecular flexibility index (Phi) is 7.73. The van der Waals surface area contributed by atoms with Crippen LogP contribution in [0.4, 0.5) is 5.69 Å². The smallest absolute Gasteiger partial charge is 0.243 e. The summed E-state index contributed by atoms with van der Waals surface area (Å²) in [6.45, 7) is 2.24. The van der Waals surface area contributed by atoms with Crippen LogP contribution in [0.25, 0.3) is 0 Å². The van der Waals surface area contributed by atoms with Crippen molar-refractivity contribution in [2.75, 3.05) is 50.4 Å². The van der Waals surface area contributed by atoms with Gasteiger partial charge >= 0.3 is 0 Å². The quantitative estimate of drug-likeness (QED) is 0.481. The molecular formula is C27H31N3O4S. The number of anilines is 1. The molecule has 0 atom stereocenters. The molecule has 0 bridgehead atoms. The number of carbonyl (C=O) groups excluding carboxylic acids is 1. The van der Waals surface area contributed by atoms with Crippen LogP contribution in [-0.2, 0) is 14.8 Å². The van der Waals surface area contributed by atoms with Crippen LogP contribution in [0.2, 0.25) is 0 Å². The van der Waals surface area contributed by atoms with E-state index >= 15 is 0 Å². The SMILES string of the molecule is COc1ccc(N(CC(=O)N2CCN(C(c3ccccc3)c3ccccc3)CC2)S(C)(=O)=O)cc1. The fraction of sp³-hybridized carbons (Fsp3) is 0.296. The maximum absolute atomic E-state index is 13.1. The number of benzene rings is 3. The van der Waals surface area contributed by atoms with Crippen molar-refractivity contribution in [2.24, 2.45) is 0 Å². The zero-order valence-electron chi connectivity index (χ0n) is 20.1. The highest BCUT2D eigenvalue weighted by molar-refractivity contribution is 7.92. The van der Waals surface area contributed by atoms with Gasteiger partial charge in [-0.25, -0.2) is 8.42 Å². The van der Waals surface area contributed by atoms with E-state index in [0.29, 0.717) is 37.6 Å². The Hall–Kier alpha value is -3.36. The van der Waals surface area contributed by atoms with Gasteiger partial charge in [0.25, 0.3) is 0 Å². The van der Waals surface area contributed by atoms with Crippen molar-refractivity contribution >= 4 is 21.6 Å². The van der Waals surface area contributed by atoms with Gasteiger partial charge in [0.05, 0.1) is 25.1 Å². The summed E-state index contributed by atoms with van der Waals surface area (Å²) in [5.41, 5.74) is 2.86. The number of hydrogen-bond acceptors (Lipinski definition) is 5. The highest BCUT2D eigenvalue weighted by Crippen LogP contribution is 2.29. The molecule has 1 amide bonds. The average Bonchev–Trinajstić information content (AvgIpc) is 2.88. The first-order chi connectivity index (χ1) is 16.9. The summed E-state index contributed by atoms with van der Waals surface area (Å²) >= 11 is 0. The lowest BCUT2D eigenvalue weighted by Crippen LogP contribution is -2.52. The molecule has 1 aliphatic rings. The van der Waals surface area contributed by atoms with Crippen LogP contribution in [0.5, 0.6) is 5.75 Å². The summed E-state index contributed by atoms with van der Waals surface area (Å²) in [6, 6.07) is 27.5. The molecule has 0 N–H and O–H groups in total. The zero-order chi connectivity index (χ0) is 24.8. The highest BCUT2D eigenvalue weighted by Gasteiger charge is 2.30. The molecule has 1 fully saturated rings. The normalized spacial score (nSPS) is 14.7. The summed E-state index contributed by atoms with van der Waals surface area (Å²) in [4.78, 5) is 17.3. The van der Waals surface area contributed by atoms with Gasteiger partial charge in [-0.1, -0.05) is 60.7 Å². The summed E-state index contributed by atoms with van der Waals surface area (Å²) in [6.07, 6.45) is 1.12. The number of hydrogen-bond donors (Lipinski definition) is 0.